The Bertz CT molecular complexity index is 938. The molecule has 9 heteroatoms. The smallest absolute Gasteiger partial charge is 0.286 e. The van der Waals surface area contributed by atoms with Crippen LogP contribution in [0.1, 0.15) is 11.1 Å². The standard InChI is InChI=1S/C15H13N3O4S2/c1-10-2-7-14-13(8-10)16-15(17-24(14,21)22)23-9-11-3-5-12(6-4-11)18(19)20/h2-8H,9H2,1H3,(H,16,17). The molecule has 0 aliphatic carbocycles. The average molecular weight is 363 g/mol. The predicted molar refractivity (Wildman–Crippen MR) is 93.8 cm³/mol. The normalized spacial score (nSPS) is 15.1. The summed E-state index contributed by atoms with van der Waals surface area (Å²) in [5.41, 5.74) is 2.31. The highest BCUT2D eigenvalue weighted by Crippen LogP contribution is 2.31. The van der Waals surface area contributed by atoms with Crippen LogP contribution in [0, 0.1) is 17.0 Å². The van der Waals surface area contributed by atoms with Crippen molar-refractivity contribution in [2.45, 2.75) is 17.6 Å². The average Bonchev–Trinajstić information content (AvgIpc) is 2.52. The molecule has 1 heterocycles. The van der Waals surface area contributed by atoms with E-state index in [0.717, 1.165) is 11.1 Å². The van der Waals surface area contributed by atoms with E-state index in [1.165, 1.54) is 30.0 Å². The van der Waals surface area contributed by atoms with Crippen LogP contribution in [0.5, 0.6) is 0 Å². The lowest BCUT2D eigenvalue weighted by atomic mass is 10.2. The predicted octanol–water partition coefficient (Wildman–Crippen LogP) is 3.31. The summed E-state index contributed by atoms with van der Waals surface area (Å²) in [6.07, 6.45) is 0. The number of nitrogens with one attached hydrogen (secondary N) is 1. The van der Waals surface area contributed by atoms with Gasteiger partial charge in [-0.05, 0) is 30.2 Å². The van der Waals surface area contributed by atoms with Crippen molar-refractivity contribution in [1.82, 2.24) is 0 Å². The summed E-state index contributed by atoms with van der Waals surface area (Å²) in [5.74, 6) is 0.445. The number of sulfonamides is 1. The first-order valence-corrected chi connectivity index (χ1v) is 9.36. The van der Waals surface area contributed by atoms with Crippen LogP contribution in [-0.4, -0.2) is 18.5 Å². The molecule has 3 rings (SSSR count). The molecule has 1 aliphatic rings. The molecule has 0 aromatic heterocycles. The fourth-order valence-corrected chi connectivity index (χ4v) is 4.36. The zero-order valence-electron chi connectivity index (χ0n) is 12.6. The summed E-state index contributed by atoms with van der Waals surface area (Å²) in [6, 6.07) is 11.1. The van der Waals surface area contributed by atoms with E-state index in [-0.39, 0.29) is 15.8 Å². The van der Waals surface area contributed by atoms with E-state index in [1.54, 1.807) is 24.3 Å². The molecule has 0 fully saturated rings. The van der Waals surface area contributed by atoms with Crippen LogP contribution >= 0.6 is 11.8 Å². The van der Waals surface area contributed by atoms with Gasteiger partial charge < -0.3 is 5.32 Å². The Morgan fingerprint density at radius 3 is 2.58 bits per heavy atom. The lowest BCUT2D eigenvalue weighted by molar-refractivity contribution is -0.384. The highest BCUT2D eigenvalue weighted by Gasteiger charge is 2.25. The summed E-state index contributed by atoms with van der Waals surface area (Å²) in [7, 11) is -3.72. The van der Waals surface area contributed by atoms with Crippen LogP contribution in [0.3, 0.4) is 0 Å². The highest BCUT2D eigenvalue weighted by atomic mass is 32.2. The number of aryl methyl sites for hydroxylation is 1. The molecule has 1 aliphatic heterocycles. The van der Waals surface area contributed by atoms with Crippen molar-refractivity contribution < 1.29 is 13.3 Å². The number of nitro benzene ring substituents is 1. The molecular formula is C15H13N3O4S2. The van der Waals surface area contributed by atoms with Crippen LogP contribution < -0.4 is 5.32 Å². The Morgan fingerprint density at radius 2 is 1.92 bits per heavy atom. The van der Waals surface area contributed by atoms with Gasteiger partial charge in [-0.3, -0.25) is 10.1 Å². The SMILES string of the molecule is Cc1ccc2c(c1)NC(SCc1ccc([N+](=O)[O-])cc1)=NS2(=O)=O. The van der Waals surface area contributed by atoms with E-state index in [2.05, 4.69) is 9.71 Å². The van der Waals surface area contributed by atoms with Gasteiger partial charge in [-0.2, -0.15) is 8.42 Å². The van der Waals surface area contributed by atoms with Crippen LogP contribution in [-0.2, 0) is 15.8 Å². The summed E-state index contributed by atoms with van der Waals surface area (Å²) < 4.78 is 28.2. The Morgan fingerprint density at radius 1 is 1.21 bits per heavy atom. The number of fused-ring (bicyclic) bond motifs is 1. The first-order chi connectivity index (χ1) is 11.3. The molecule has 0 unspecified atom stereocenters. The van der Waals surface area contributed by atoms with Crippen molar-refractivity contribution in [3.8, 4) is 0 Å². The fourth-order valence-electron chi connectivity index (χ4n) is 2.19. The first kappa shape index (κ1) is 16.5. The van der Waals surface area contributed by atoms with Crippen molar-refractivity contribution in [3.63, 3.8) is 0 Å². The molecule has 0 saturated carbocycles. The number of rotatable bonds is 3. The van der Waals surface area contributed by atoms with Crippen molar-refractivity contribution in [2.24, 2.45) is 4.40 Å². The molecule has 124 valence electrons. The molecule has 7 nitrogen and oxygen atoms in total. The number of benzene rings is 2. The molecule has 0 saturated heterocycles. The van der Waals surface area contributed by atoms with Crippen molar-refractivity contribution >= 4 is 38.3 Å². The molecule has 0 radical (unpaired) electrons. The highest BCUT2D eigenvalue weighted by molar-refractivity contribution is 8.14. The maximum atomic E-state index is 12.2. The number of nitrogens with zero attached hydrogens (tertiary/aromatic N) is 2. The number of anilines is 1. The summed E-state index contributed by atoms with van der Waals surface area (Å²) in [6.45, 7) is 1.88. The molecule has 2 aromatic carbocycles. The second-order valence-corrected chi connectivity index (χ2v) is 7.74. The summed E-state index contributed by atoms with van der Waals surface area (Å²) in [4.78, 5) is 10.3. The van der Waals surface area contributed by atoms with Crippen molar-refractivity contribution in [1.29, 1.82) is 0 Å². The van der Waals surface area contributed by atoms with Crippen LogP contribution in [0.2, 0.25) is 0 Å². The van der Waals surface area contributed by atoms with Gasteiger partial charge in [-0.15, -0.1) is 4.40 Å². The molecule has 0 bridgehead atoms. The maximum Gasteiger partial charge on any atom is 0.286 e. The quantitative estimate of drug-likeness (QED) is 0.663. The van der Waals surface area contributed by atoms with Gasteiger partial charge in [0.1, 0.15) is 4.90 Å². The number of thioether (sulfide) groups is 1. The number of hydrogen-bond donors (Lipinski definition) is 1. The van der Waals surface area contributed by atoms with E-state index < -0.39 is 14.9 Å². The van der Waals surface area contributed by atoms with Crippen LogP contribution in [0.15, 0.2) is 51.8 Å². The van der Waals surface area contributed by atoms with E-state index in [4.69, 9.17) is 0 Å². The first-order valence-electron chi connectivity index (χ1n) is 6.94. The summed E-state index contributed by atoms with van der Waals surface area (Å²) in [5, 5.41) is 13.9. The Labute approximate surface area is 143 Å². The van der Waals surface area contributed by atoms with E-state index >= 15 is 0 Å². The van der Waals surface area contributed by atoms with Crippen molar-refractivity contribution in [2.75, 3.05) is 5.32 Å². The number of non-ortho nitro benzene ring substituents is 1. The van der Waals surface area contributed by atoms with Gasteiger partial charge in [0.05, 0.1) is 10.6 Å². The minimum atomic E-state index is -3.72. The molecule has 0 amide bonds. The van der Waals surface area contributed by atoms with Gasteiger partial charge in [-0.25, -0.2) is 0 Å². The topological polar surface area (TPSA) is 102 Å². The van der Waals surface area contributed by atoms with Crippen LogP contribution in [0.25, 0.3) is 0 Å². The van der Waals surface area contributed by atoms with Crippen LogP contribution in [0.4, 0.5) is 11.4 Å². The third-order valence-electron chi connectivity index (χ3n) is 3.38. The third-order valence-corrected chi connectivity index (χ3v) is 5.78. The molecule has 2 aromatic rings. The monoisotopic (exact) mass is 363 g/mol. The lowest BCUT2D eigenvalue weighted by Crippen LogP contribution is -2.19. The Balaban J connectivity index is 1.77. The lowest BCUT2D eigenvalue weighted by Gasteiger charge is -2.18. The number of amidine groups is 1. The molecule has 0 spiro atoms. The summed E-state index contributed by atoms with van der Waals surface area (Å²) >= 11 is 1.23. The minimum Gasteiger partial charge on any atom is -0.333 e. The van der Waals surface area contributed by atoms with E-state index in [0.29, 0.717) is 11.4 Å². The maximum absolute atomic E-state index is 12.2. The number of hydrogen-bond acceptors (Lipinski definition) is 6. The minimum absolute atomic E-state index is 0.0175. The molecule has 0 atom stereocenters. The Kier molecular flexibility index (Phi) is 4.29. The fraction of sp³-hybridized carbons (Fsp3) is 0.133. The van der Waals surface area contributed by atoms with Gasteiger partial charge in [0.25, 0.3) is 15.7 Å². The van der Waals surface area contributed by atoms with E-state index in [1.807, 2.05) is 6.92 Å². The van der Waals surface area contributed by atoms with Gasteiger partial charge in [-0.1, -0.05) is 30.0 Å². The third kappa shape index (κ3) is 3.41. The van der Waals surface area contributed by atoms with Gasteiger partial charge in [0.15, 0.2) is 5.17 Å². The zero-order valence-corrected chi connectivity index (χ0v) is 14.2. The second kappa shape index (κ2) is 6.25. The largest absolute Gasteiger partial charge is 0.333 e. The van der Waals surface area contributed by atoms with E-state index in [9.17, 15) is 18.5 Å². The van der Waals surface area contributed by atoms with Crippen molar-refractivity contribution in [3.05, 3.63) is 63.7 Å². The number of nitro groups is 1. The zero-order chi connectivity index (χ0) is 17.3. The molecule has 24 heavy (non-hydrogen) atoms. The van der Waals surface area contributed by atoms with Gasteiger partial charge in [0.2, 0.25) is 0 Å². The second-order valence-electron chi connectivity index (χ2n) is 5.21. The molecular weight excluding hydrogens is 350 g/mol. The Hall–Kier alpha value is -2.39. The van der Waals surface area contributed by atoms with Gasteiger partial charge in [0, 0.05) is 17.9 Å². The molecule has 1 N–H and O–H groups in total. The van der Waals surface area contributed by atoms with Gasteiger partial charge >= 0.3 is 0 Å².